The lowest BCUT2D eigenvalue weighted by atomic mass is 10.1. The summed E-state index contributed by atoms with van der Waals surface area (Å²) in [4.78, 5) is 0. The maximum atomic E-state index is 6.09. The molecule has 0 aromatic heterocycles. The number of ether oxygens (including phenoxy) is 1. The van der Waals surface area contributed by atoms with Crippen molar-refractivity contribution in [2.75, 3.05) is 0 Å². The van der Waals surface area contributed by atoms with Gasteiger partial charge in [0, 0.05) is 0 Å². The predicted octanol–water partition coefficient (Wildman–Crippen LogP) is 4.87. The number of rotatable bonds is 4. The molecule has 0 unspecified atom stereocenters. The van der Waals surface area contributed by atoms with E-state index in [0.29, 0.717) is 5.02 Å². The second-order valence-corrected chi connectivity index (χ2v) is 4.26. The molecular formula is C15H15ClO. The highest BCUT2D eigenvalue weighted by atomic mass is 35.5. The Hall–Kier alpha value is -1.47. The summed E-state index contributed by atoms with van der Waals surface area (Å²) in [6, 6.07) is 17.8. The monoisotopic (exact) mass is 246 g/mol. The van der Waals surface area contributed by atoms with Crippen LogP contribution in [-0.4, -0.2) is 0 Å². The van der Waals surface area contributed by atoms with E-state index in [9.17, 15) is 0 Å². The van der Waals surface area contributed by atoms with Gasteiger partial charge >= 0.3 is 0 Å². The molecule has 0 radical (unpaired) electrons. The molecule has 2 heteroatoms. The topological polar surface area (TPSA) is 9.23 Å². The minimum atomic E-state index is 0.0519. The van der Waals surface area contributed by atoms with Crippen LogP contribution in [0.5, 0.6) is 5.75 Å². The van der Waals surface area contributed by atoms with Crippen molar-refractivity contribution in [3.8, 4) is 5.75 Å². The molecule has 0 aliphatic carbocycles. The van der Waals surface area contributed by atoms with E-state index in [4.69, 9.17) is 16.3 Å². The molecule has 1 atom stereocenters. The first kappa shape index (κ1) is 12.0. The van der Waals surface area contributed by atoms with Crippen LogP contribution in [0.4, 0.5) is 0 Å². The third kappa shape index (κ3) is 3.01. The predicted molar refractivity (Wildman–Crippen MR) is 71.6 cm³/mol. The number of benzene rings is 2. The second kappa shape index (κ2) is 5.74. The molecule has 88 valence electrons. The van der Waals surface area contributed by atoms with Crippen molar-refractivity contribution in [3.05, 3.63) is 65.2 Å². The van der Waals surface area contributed by atoms with Crippen LogP contribution in [0.15, 0.2) is 54.6 Å². The zero-order valence-corrected chi connectivity index (χ0v) is 10.5. The van der Waals surface area contributed by atoms with E-state index in [1.165, 1.54) is 5.56 Å². The van der Waals surface area contributed by atoms with Gasteiger partial charge < -0.3 is 4.74 Å². The summed E-state index contributed by atoms with van der Waals surface area (Å²) in [6.45, 7) is 2.11. The van der Waals surface area contributed by atoms with Crippen LogP contribution in [0.1, 0.15) is 25.0 Å². The Bertz CT molecular complexity index is 467. The lowest BCUT2D eigenvalue weighted by molar-refractivity contribution is 0.201. The van der Waals surface area contributed by atoms with Crippen LogP contribution in [0.3, 0.4) is 0 Å². The van der Waals surface area contributed by atoms with Gasteiger partial charge in [0.2, 0.25) is 0 Å². The summed E-state index contributed by atoms with van der Waals surface area (Å²) in [5.74, 6) is 0.741. The molecule has 2 aromatic carbocycles. The van der Waals surface area contributed by atoms with Gasteiger partial charge in [0.15, 0.2) is 0 Å². The first-order valence-electron chi connectivity index (χ1n) is 5.77. The molecule has 0 fully saturated rings. The smallest absolute Gasteiger partial charge is 0.138 e. The minimum Gasteiger partial charge on any atom is -0.484 e. The minimum absolute atomic E-state index is 0.0519. The molecule has 0 amide bonds. The van der Waals surface area contributed by atoms with Crippen LogP contribution in [-0.2, 0) is 0 Å². The van der Waals surface area contributed by atoms with Crippen molar-refractivity contribution in [1.82, 2.24) is 0 Å². The highest BCUT2D eigenvalue weighted by Gasteiger charge is 2.11. The van der Waals surface area contributed by atoms with E-state index in [2.05, 4.69) is 19.1 Å². The van der Waals surface area contributed by atoms with Gasteiger partial charge in [0.1, 0.15) is 11.9 Å². The fraction of sp³-hybridized carbons (Fsp3) is 0.200. The lowest BCUT2D eigenvalue weighted by Gasteiger charge is -2.18. The average molecular weight is 247 g/mol. The molecule has 0 heterocycles. The average Bonchev–Trinajstić information content (AvgIpc) is 2.39. The Labute approximate surface area is 107 Å². The van der Waals surface area contributed by atoms with Gasteiger partial charge in [-0.1, -0.05) is 61.0 Å². The number of hydrogen-bond acceptors (Lipinski definition) is 1. The molecule has 1 nitrogen and oxygen atoms in total. The van der Waals surface area contributed by atoms with Crippen LogP contribution in [0.2, 0.25) is 5.02 Å². The first-order chi connectivity index (χ1) is 8.31. The Balaban J connectivity index is 2.19. The normalized spacial score (nSPS) is 12.1. The van der Waals surface area contributed by atoms with E-state index >= 15 is 0 Å². The SMILES string of the molecule is CC[C@H](Oc1ccccc1Cl)c1ccccc1. The molecule has 0 N–H and O–H groups in total. The van der Waals surface area contributed by atoms with Crippen molar-refractivity contribution in [3.63, 3.8) is 0 Å². The maximum absolute atomic E-state index is 6.09. The Kier molecular flexibility index (Phi) is 4.05. The van der Waals surface area contributed by atoms with Gasteiger partial charge in [0.25, 0.3) is 0 Å². The Morgan fingerprint density at radius 3 is 2.29 bits per heavy atom. The molecule has 0 aliphatic rings. The summed E-state index contributed by atoms with van der Waals surface area (Å²) < 4.78 is 5.95. The van der Waals surface area contributed by atoms with Gasteiger partial charge in [-0.3, -0.25) is 0 Å². The largest absolute Gasteiger partial charge is 0.484 e. The van der Waals surface area contributed by atoms with Crippen LogP contribution in [0.25, 0.3) is 0 Å². The van der Waals surface area contributed by atoms with Crippen LogP contribution < -0.4 is 4.74 Å². The molecule has 0 saturated heterocycles. The van der Waals surface area contributed by atoms with Crippen molar-refractivity contribution < 1.29 is 4.74 Å². The maximum Gasteiger partial charge on any atom is 0.138 e. The lowest BCUT2D eigenvalue weighted by Crippen LogP contribution is -2.06. The summed E-state index contributed by atoms with van der Waals surface area (Å²) in [6.07, 6.45) is 0.964. The van der Waals surface area contributed by atoms with Crippen molar-refractivity contribution in [2.45, 2.75) is 19.4 Å². The van der Waals surface area contributed by atoms with E-state index in [0.717, 1.165) is 12.2 Å². The zero-order chi connectivity index (χ0) is 12.1. The number of hydrogen-bond donors (Lipinski definition) is 0. The van der Waals surface area contributed by atoms with Crippen LogP contribution in [0, 0.1) is 0 Å². The third-order valence-corrected chi connectivity index (χ3v) is 2.96. The first-order valence-corrected chi connectivity index (χ1v) is 6.15. The summed E-state index contributed by atoms with van der Waals surface area (Å²) >= 11 is 6.09. The molecular weight excluding hydrogens is 232 g/mol. The zero-order valence-electron chi connectivity index (χ0n) is 9.77. The molecule has 0 bridgehead atoms. The highest BCUT2D eigenvalue weighted by molar-refractivity contribution is 6.32. The molecule has 0 spiro atoms. The fourth-order valence-electron chi connectivity index (χ4n) is 1.75. The number of halogens is 1. The van der Waals surface area contributed by atoms with Gasteiger partial charge in [-0.25, -0.2) is 0 Å². The van der Waals surface area contributed by atoms with Gasteiger partial charge in [-0.2, -0.15) is 0 Å². The fourth-order valence-corrected chi connectivity index (χ4v) is 1.93. The standard InChI is InChI=1S/C15H15ClO/c1-2-14(12-8-4-3-5-9-12)17-15-11-7-6-10-13(15)16/h3-11,14H,2H2,1H3/t14-/m0/s1. The van der Waals surface area contributed by atoms with E-state index in [1.807, 2.05) is 42.5 Å². The highest BCUT2D eigenvalue weighted by Crippen LogP contribution is 2.30. The molecule has 17 heavy (non-hydrogen) atoms. The van der Waals surface area contributed by atoms with E-state index in [1.54, 1.807) is 0 Å². The Morgan fingerprint density at radius 1 is 1.00 bits per heavy atom. The van der Waals surface area contributed by atoms with Crippen molar-refractivity contribution in [1.29, 1.82) is 0 Å². The quantitative estimate of drug-likeness (QED) is 0.748. The molecule has 2 rings (SSSR count). The Morgan fingerprint density at radius 2 is 1.65 bits per heavy atom. The third-order valence-electron chi connectivity index (χ3n) is 2.65. The van der Waals surface area contributed by atoms with E-state index < -0.39 is 0 Å². The van der Waals surface area contributed by atoms with Gasteiger partial charge in [-0.15, -0.1) is 0 Å². The van der Waals surface area contributed by atoms with Gasteiger partial charge in [0.05, 0.1) is 5.02 Å². The van der Waals surface area contributed by atoms with Crippen molar-refractivity contribution in [2.24, 2.45) is 0 Å². The summed E-state index contributed by atoms with van der Waals surface area (Å²) in [7, 11) is 0. The summed E-state index contributed by atoms with van der Waals surface area (Å²) in [5.41, 5.74) is 1.18. The van der Waals surface area contributed by atoms with Gasteiger partial charge in [-0.05, 0) is 24.1 Å². The molecule has 0 aliphatic heterocycles. The molecule has 0 saturated carbocycles. The van der Waals surface area contributed by atoms with E-state index in [-0.39, 0.29) is 6.10 Å². The van der Waals surface area contributed by atoms with Crippen molar-refractivity contribution >= 4 is 11.6 Å². The summed E-state index contributed by atoms with van der Waals surface area (Å²) in [5, 5.41) is 0.655. The second-order valence-electron chi connectivity index (χ2n) is 3.86. The molecule has 2 aromatic rings. The number of para-hydroxylation sites is 1. The van der Waals surface area contributed by atoms with Crippen LogP contribution >= 0.6 is 11.6 Å².